The number of benzene rings is 1. The van der Waals surface area contributed by atoms with E-state index in [1.54, 1.807) is 19.2 Å². The van der Waals surface area contributed by atoms with Gasteiger partial charge in [0.1, 0.15) is 5.75 Å². The lowest BCUT2D eigenvalue weighted by Crippen LogP contribution is -1.87. The van der Waals surface area contributed by atoms with E-state index < -0.39 is 0 Å². The summed E-state index contributed by atoms with van der Waals surface area (Å²) >= 11 is 11.6. The first-order valence-corrected chi connectivity index (χ1v) is 3.91. The highest BCUT2D eigenvalue weighted by atomic mass is 35.5. The third kappa shape index (κ3) is 1.60. The summed E-state index contributed by atoms with van der Waals surface area (Å²) in [5.41, 5.74) is 0.877. The number of ether oxygens (including phenoxy) is 1. The minimum absolute atomic E-state index is 0.560. The Balaban J connectivity index is 3.25. The molecule has 0 aromatic heterocycles. The molecule has 0 saturated heterocycles. The third-order valence-corrected chi connectivity index (χ3v) is 2.41. The van der Waals surface area contributed by atoms with Crippen LogP contribution in [-0.4, -0.2) is 7.11 Å². The summed E-state index contributed by atoms with van der Waals surface area (Å²) in [7, 11) is 1.60. The Hall–Kier alpha value is -0.400. The molecule has 0 aliphatic heterocycles. The van der Waals surface area contributed by atoms with Crippen LogP contribution in [0.2, 0.25) is 10.0 Å². The van der Waals surface area contributed by atoms with Crippen LogP contribution in [0.5, 0.6) is 5.75 Å². The first-order chi connectivity index (χ1) is 5.16. The largest absolute Gasteiger partial charge is 0.496 e. The van der Waals surface area contributed by atoms with E-state index in [0.717, 1.165) is 11.3 Å². The highest BCUT2D eigenvalue weighted by molar-refractivity contribution is 6.42. The van der Waals surface area contributed by atoms with Gasteiger partial charge >= 0.3 is 0 Å². The van der Waals surface area contributed by atoms with Gasteiger partial charge in [-0.25, -0.2) is 0 Å². The summed E-state index contributed by atoms with van der Waals surface area (Å²) in [6, 6.07) is 3.51. The van der Waals surface area contributed by atoms with Crippen molar-refractivity contribution in [2.45, 2.75) is 6.92 Å². The van der Waals surface area contributed by atoms with Gasteiger partial charge in [-0.3, -0.25) is 0 Å². The quantitative estimate of drug-likeness (QED) is 0.661. The Morgan fingerprint density at radius 3 is 2.45 bits per heavy atom. The van der Waals surface area contributed by atoms with Crippen LogP contribution >= 0.6 is 23.2 Å². The van der Waals surface area contributed by atoms with Gasteiger partial charge in [0.25, 0.3) is 0 Å². The molecule has 0 bridgehead atoms. The molecule has 0 atom stereocenters. The molecule has 1 aromatic carbocycles. The van der Waals surface area contributed by atoms with E-state index in [-0.39, 0.29) is 0 Å². The summed E-state index contributed by atoms with van der Waals surface area (Å²) in [6.07, 6.45) is 0. The van der Waals surface area contributed by atoms with E-state index >= 15 is 0 Å². The van der Waals surface area contributed by atoms with Crippen molar-refractivity contribution in [3.8, 4) is 5.75 Å². The van der Waals surface area contributed by atoms with Crippen LogP contribution in [0.25, 0.3) is 0 Å². The lowest BCUT2D eigenvalue weighted by atomic mass is 10.2. The smallest absolute Gasteiger partial charge is 0.123 e. The number of hydrogen-bond acceptors (Lipinski definition) is 1. The minimum Gasteiger partial charge on any atom is -0.496 e. The van der Waals surface area contributed by atoms with Crippen molar-refractivity contribution < 1.29 is 4.74 Å². The monoisotopic (exact) mass is 190 g/mol. The maximum absolute atomic E-state index is 5.85. The topological polar surface area (TPSA) is 9.23 Å². The van der Waals surface area contributed by atoms with Gasteiger partial charge < -0.3 is 4.74 Å². The van der Waals surface area contributed by atoms with Crippen LogP contribution in [-0.2, 0) is 0 Å². The molecule has 0 aliphatic rings. The first-order valence-electron chi connectivity index (χ1n) is 3.15. The molecule has 1 aromatic rings. The van der Waals surface area contributed by atoms with Crippen molar-refractivity contribution in [3.05, 3.63) is 27.7 Å². The molecule has 0 saturated carbocycles. The van der Waals surface area contributed by atoms with Gasteiger partial charge in [-0.2, -0.15) is 0 Å². The highest BCUT2D eigenvalue weighted by Gasteiger charge is 2.05. The van der Waals surface area contributed by atoms with Crippen molar-refractivity contribution in [1.82, 2.24) is 0 Å². The van der Waals surface area contributed by atoms with Gasteiger partial charge in [-0.15, -0.1) is 0 Å². The summed E-state index contributed by atoms with van der Waals surface area (Å²) < 4.78 is 5.04. The zero-order valence-electron chi connectivity index (χ0n) is 6.32. The average molecular weight is 191 g/mol. The molecule has 1 rings (SSSR count). The lowest BCUT2D eigenvalue weighted by molar-refractivity contribution is 0.412. The zero-order valence-corrected chi connectivity index (χ0v) is 7.83. The highest BCUT2D eigenvalue weighted by Crippen LogP contribution is 2.31. The van der Waals surface area contributed by atoms with E-state index in [1.165, 1.54) is 0 Å². The molecule has 0 N–H and O–H groups in total. The maximum atomic E-state index is 5.85. The van der Waals surface area contributed by atoms with Gasteiger partial charge in [-0.1, -0.05) is 23.2 Å². The standard InChI is InChI=1S/C8H8Cl2O/c1-5-7(11-2)4-3-6(9)8(5)10/h3-4H,1-2H3. The van der Waals surface area contributed by atoms with Crippen molar-refractivity contribution in [3.63, 3.8) is 0 Å². The summed E-state index contributed by atoms with van der Waals surface area (Å²) in [6.45, 7) is 1.87. The molecule has 0 amide bonds. The third-order valence-electron chi connectivity index (χ3n) is 1.51. The number of methoxy groups -OCH3 is 1. The SMILES string of the molecule is COc1ccc(Cl)c(Cl)c1C. The zero-order chi connectivity index (χ0) is 8.43. The second-order valence-electron chi connectivity index (χ2n) is 2.19. The summed E-state index contributed by atoms with van der Waals surface area (Å²) in [5, 5.41) is 1.12. The maximum Gasteiger partial charge on any atom is 0.123 e. The fourth-order valence-corrected chi connectivity index (χ4v) is 1.22. The second kappa shape index (κ2) is 3.33. The van der Waals surface area contributed by atoms with Crippen LogP contribution in [0.4, 0.5) is 0 Å². The van der Waals surface area contributed by atoms with Crippen LogP contribution in [0.3, 0.4) is 0 Å². The molecule has 11 heavy (non-hydrogen) atoms. The Morgan fingerprint density at radius 1 is 1.27 bits per heavy atom. The molecule has 0 heterocycles. The van der Waals surface area contributed by atoms with Crippen molar-refractivity contribution in [2.24, 2.45) is 0 Å². The van der Waals surface area contributed by atoms with Crippen molar-refractivity contribution in [1.29, 1.82) is 0 Å². The molecular weight excluding hydrogens is 183 g/mol. The number of hydrogen-bond donors (Lipinski definition) is 0. The van der Waals surface area contributed by atoms with E-state index in [2.05, 4.69) is 0 Å². The van der Waals surface area contributed by atoms with Crippen molar-refractivity contribution >= 4 is 23.2 Å². The first kappa shape index (κ1) is 8.69. The second-order valence-corrected chi connectivity index (χ2v) is 2.97. The molecule has 0 fully saturated rings. The fourth-order valence-electron chi connectivity index (χ4n) is 0.855. The normalized spacial score (nSPS) is 9.82. The average Bonchev–Trinajstić information content (AvgIpc) is 2.01. The molecular formula is C8H8Cl2O. The lowest BCUT2D eigenvalue weighted by Gasteiger charge is -2.06. The fraction of sp³-hybridized carbons (Fsp3) is 0.250. The van der Waals surface area contributed by atoms with Crippen molar-refractivity contribution in [2.75, 3.05) is 7.11 Å². The number of rotatable bonds is 1. The van der Waals surface area contributed by atoms with Gasteiger partial charge in [0.05, 0.1) is 17.2 Å². The molecule has 0 spiro atoms. The molecule has 3 heteroatoms. The van der Waals surface area contributed by atoms with Crippen LogP contribution < -0.4 is 4.74 Å². The Labute approximate surface area is 75.9 Å². The van der Waals surface area contributed by atoms with Gasteiger partial charge in [0, 0.05) is 5.56 Å². The Bertz CT molecular complexity index is 271. The summed E-state index contributed by atoms with van der Waals surface area (Å²) in [4.78, 5) is 0. The van der Waals surface area contributed by atoms with Crippen LogP contribution in [0.15, 0.2) is 12.1 Å². The predicted molar refractivity (Wildman–Crippen MR) is 47.8 cm³/mol. The van der Waals surface area contributed by atoms with Gasteiger partial charge in [-0.05, 0) is 19.1 Å². The molecule has 60 valence electrons. The molecule has 0 radical (unpaired) electrons. The summed E-state index contributed by atoms with van der Waals surface area (Å²) in [5.74, 6) is 0.763. The van der Waals surface area contributed by atoms with E-state index in [9.17, 15) is 0 Å². The van der Waals surface area contributed by atoms with E-state index in [1.807, 2.05) is 6.92 Å². The Kier molecular flexibility index (Phi) is 2.63. The van der Waals surface area contributed by atoms with Gasteiger partial charge in [0.2, 0.25) is 0 Å². The minimum atomic E-state index is 0.560. The van der Waals surface area contributed by atoms with Crippen LogP contribution in [0, 0.1) is 6.92 Å². The van der Waals surface area contributed by atoms with Crippen LogP contribution in [0.1, 0.15) is 5.56 Å². The molecule has 1 nitrogen and oxygen atoms in total. The predicted octanol–water partition coefficient (Wildman–Crippen LogP) is 3.31. The Morgan fingerprint density at radius 2 is 1.91 bits per heavy atom. The molecule has 0 unspecified atom stereocenters. The molecule has 0 aliphatic carbocycles. The number of halogens is 2. The van der Waals surface area contributed by atoms with E-state index in [0.29, 0.717) is 10.0 Å². The van der Waals surface area contributed by atoms with E-state index in [4.69, 9.17) is 27.9 Å². The van der Waals surface area contributed by atoms with Gasteiger partial charge in [0.15, 0.2) is 0 Å².